The van der Waals surface area contributed by atoms with E-state index >= 15 is 0 Å². The molecule has 0 saturated heterocycles. The Morgan fingerprint density at radius 3 is 1.86 bits per heavy atom. The topological polar surface area (TPSA) is 71.1 Å². The van der Waals surface area contributed by atoms with Crippen LogP contribution >= 0.6 is 0 Å². The first-order chi connectivity index (χ1) is 17.6. The van der Waals surface area contributed by atoms with Gasteiger partial charge in [0, 0.05) is 26.1 Å². The molecule has 7 nitrogen and oxygen atoms in total. The van der Waals surface area contributed by atoms with Crippen molar-refractivity contribution in [1.29, 1.82) is 0 Å². The lowest BCUT2D eigenvalue weighted by Crippen LogP contribution is -2.35. The van der Waals surface area contributed by atoms with Gasteiger partial charge in [-0.25, -0.2) is 4.79 Å². The number of nitrogens with one attached hydrogen (secondary N) is 1. The molecular formula is C29H59N3O4. The summed E-state index contributed by atoms with van der Waals surface area (Å²) in [4.78, 5) is 28.8. The standard InChI is InChI=1S/C29H59N3O4/c1-5-9-11-13-18-26-35-28(33)20-15-14-17-25-32(24-16-12-10-6-2)29(34)36-27-22-30-21-19-23-31(7-3)8-4/h30H,5-27H2,1-4H3. The van der Waals surface area contributed by atoms with Gasteiger partial charge in [0.2, 0.25) is 0 Å². The highest BCUT2D eigenvalue weighted by Gasteiger charge is 2.14. The van der Waals surface area contributed by atoms with E-state index in [2.05, 4.69) is 37.9 Å². The summed E-state index contributed by atoms with van der Waals surface area (Å²) in [5.41, 5.74) is 0. The zero-order chi connectivity index (χ0) is 26.7. The monoisotopic (exact) mass is 513 g/mol. The van der Waals surface area contributed by atoms with Crippen LogP contribution in [0, 0.1) is 0 Å². The van der Waals surface area contributed by atoms with Crippen LogP contribution in [-0.2, 0) is 14.3 Å². The lowest BCUT2D eigenvalue weighted by Gasteiger charge is -2.22. The number of carbonyl (C=O) groups excluding carboxylic acids is 2. The second-order valence-electron chi connectivity index (χ2n) is 9.74. The summed E-state index contributed by atoms with van der Waals surface area (Å²) in [5.74, 6) is -0.0917. The van der Waals surface area contributed by atoms with Gasteiger partial charge in [0.15, 0.2) is 0 Å². The average molecular weight is 514 g/mol. The van der Waals surface area contributed by atoms with Crippen molar-refractivity contribution in [3.05, 3.63) is 0 Å². The molecule has 0 rings (SSSR count). The van der Waals surface area contributed by atoms with Crippen molar-refractivity contribution in [3.63, 3.8) is 0 Å². The fourth-order valence-electron chi connectivity index (χ4n) is 4.13. The van der Waals surface area contributed by atoms with Gasteiger partial charge < -0.3 is 24.6 Å². The van der Waals surface area contributed by atoms with Crippen LogP contribution in [0.1, 0.15) is 118 Å². The normalized spacial score (nSPS) is 11.1. The van der Waals surface area contributed by atoms with Gasteiger partial charge in [0.25, 0.3) is 0 Å². The first-order valence-electron chi connectivity index (χ1n) is 15.1. The van der Waals surface area contributed by atoms with Crippen molar-refractivity contribution in [3.8, 4) is 0 Å². The molecule has 0 aromatic heterocycles. The third kappa shape index (κ3) is 21.9. The molecule has 1 amide bonds. The largest absolute Gasteiger partial charge is 0.466 e. The van der Waals surface area contributed by atoms with Crippen molar-refractivity contribution < 1.29 is 19.1 Å². The number of rotatable bonds is 26. The Morgan fingerprint density at radius 1 is 0.611 bits per heavy atom. The minimum absolute atomic E-state index is 0.0917. The summed E-state index contributed by atoms with van der Waals surface area (Å²) in [6.45, 7) is 16.1. The third-order valence-electron chi connectivity index (χ3n) is 6.59. The lowest BCUT2D eigenvalue weighted by atomic mass is 10.1. The Balaban J connectivity index is 4.05. The Morgan fingerprint density at radius 2 is 1.22 bits per heavy atom. The summed E-state index contributed by atoms with van der Waals surface area (Å²) in [5, 5.41) is 3.37. The predicted octanol–water partition coefficient (Wildman–Crippen LogP) is 6.40. The van der Waals surface area contributed by atoms with Crippen LogP contribution in [0.2, 0.25) is 0 Å². The third-order valence-corrected chi connectivity index (χ3v) is 6.59. The zero-order valence-electron chi connectivity index (χ0n) is 24.3. The molecule has 1 N–H and O–H groups in total. The number of hydrogen-bond acceptors (Lipinski definition) is 6. The van der Waals surface area contributed by atoms with Gasteiger partial charge in [-0.3, -0.25) is 4.79 Å². The van der Waals surface area contributed by atoms with E-state index in [1.165, 1.54) is 32.1 Å². The molecule has 214 valence electrons. The van der Waals surface area contributed by atoms with Crippen molar-refractivity contribution in [2.45, 2.75) is 118 Å². The molecule has 0 aliphatic rings. The van der Waals surface area contributed by atoms with Crippen molar-refractivity contribution >= 4 is 12.1 Å². The number of amides is 1. The summed E-state index contributed by atoms with van der Waals surface area (Å²) in [6.07, 6.45) is 14.3. The van der Waals surface area contributed by atoms with Crippen LogP contribution in [0.5, 0.6) is 0 Å². The number of ether oxygens (including phenoxy) is 2. The number of hydrogen-bond donors (Lipinski definition) is 1. The molecule has 36 heavy (non-hydrogen) atoms. The Hall–Kier alpha value is -1.34. The van der Waals surface area contributed by atoms with Gasteiger partial charge >= 0.3 is 12.1 Å². The fraction of sp³-hybridized carbons (Fsp3) is 0.931. The van der Waals surface area contributed by atoms with Gasteiger partial charge in [0.05, 0.1) is 6.61 Å². The van der Waals surface area contributed by atoms with Crippen LogP contribution in [-0.4, -0.2) is 80.9 Å². The van der Waals surface area contributed by atoms with Gasteiger partial charge in [0.1, 0.15) is 6.61 Å². The predicted molar refractivity (Wildman–Crippen MR) is 151 cm³/mol. The van der Waals surface area contributed by atoms with Crippen LogP contribution in [0.3, 0.4) is 0 Å². The van der Waals surface area contributed by atoms with E-state index in [1.54, 1.807) is 0 Å². The van der Waals surface area contributed by atoms with Gasteiger partial charge in [-0.2, -0.15) is 0 Å². The van der Waals surface area contributed by atoms with Crippen molar-refractivity contribution in [2.24, 2.45) is 0 Å². The lowest BCUT2D eigenvalue weighted by molar-refractivity contribution is -0.143. The summed E-state index contributed by atoms with van der Waals surface area (Å²) >= 11 is 0. The van der Waals surface area contributed by atoms with Crippen molar-refractivity contribution in [2.75, 3.05) is 59.0 Å². The van der Waals surface area contributed by atoms with E-state index in [0.29, 0.717) is 32.7 Å². The van der Waals surface area contributed by atoms with E-state index < -0.39 is 0 Å². The van der Waals surface area contributed by atoms with Gasteiger partial charge in [-0.15, -0.1) is 0 Å². The summed E-state index contributed by atoms with van der Waals surface area (Å²) in [6, 6.07) is 0. The number of unbranched alkanes of at least 4 members (excludes halogenated alkanes) is 9. The van der Waals surface area contributed by atoms with E-state index in [4.69, 9.17) is 9.47 Å². The van der Waals surface area contributed by atoms with Crippen LogP contribution in [0.15, 0.2) is 0 Å². The second kappa shape index (κ2) is 26.7. The first kappa shape index (κ1) is 34.7. The minimum atomic E-state index is -0.209. The van der Waals surface area contributed by atoms with E-state index in [1.807, 2.05) is 4.90 Å². The second-order valence-corrected chi connectivity index (χ2v) is 9.74. The zero-order valence-corrected chi connectivity index (χ0v) is 24.3. The smallest absolute Gasteiger partial charge is 0.409 e. The molecule has 0 aliphatic heterocycles. The SMILES string of the molecule is CCCCCCCOC(=O)CCCCCN(CCCCCC)C(=O)OCCNCCCN(CC)CC. The van der Waals surface area contributed by atoms with E-state index in [9.17, 15) is 9.59 Å². The molecule has 0 atom stereocenters. The highest BCUT2D eigenvalue weighted by molar-refractivity contribution is 5.69. The molecule has 0 aromatic rings. The highest BCUT2D eigenvalue weighted by atomic mass is 16.6. The maximum Gasteiger partial charge on any atom is 0.409 e. The quantitative estimate of drug-likeness (QED) is 0.107. The summed E-state index contributed by atoms with van der Waals surface area (Å²) < 4.78 is 10.9. The van der Waals surface area contributed by atoms with E-state index in [-0.39, 0.29) is 12.1 Å². The number of nitrogens with zero attached hydrogens (tertiary/aromatic N) is 2. The molecule has 0 radical (unpaired) electrons. The van der Waals surface area contributed by atoms with Crippen molar-refractivity contribution in [1.82, 2.24) is 15.1 Å². The molecule has 0 unspecified atom stereocenters. The Kier molecular flexibility index (Phi) is 25.7. The van der Waals surface area contributed by atoms with E-state index in [0.717, 1.165) is 84.1 Å². The average Bonchev–Trinajstić information content (AvgIpc) is 2.88. The molecule has 0 spiro atoms. The number of esters is 1. The van der Waals surface area contributed by atoms with Gasteiger partial charge in [-0.1, -0.05) is 79.1 Å². The molecule has 0 aromatic carbocycles. The maximum atomic E-state index is 12.6. The maximum absolute atomic E-state index is 12.6. The fourth-order valence-corrected chi connectivity index (χ4v) is 4.13. The summed E-state index contributed by atoms with van der Waals surface area (Å²) in [7, 11) is 0. The molecule has 0 fully saturated rings. The molecule has 7 heteroatoms. The number of carbonyl (C=O) groups is 2. The Labute approximate surface area is 223 Å². The van der Waals surface area contributed by atoms with Crippen LogP contribution in [0.4, 0.5) is 4.79 Å². The van der Waals surface area contributed by atoms with Crippen LogP contribution in [0.25, 0.3) is 0 Å². The first-order valence-corrected chi connectivity index (χ1v) is 15.1. The minimum Gasteiger partial charge on any atom is -0.466 e. The Bertz CT molecular complexity index is 501. The van der Waals surface area contributed by atoms with Crippen LogP contribution < -0.4 is 5.32 Å². The van der Waals surface area contributed by atoms with Gasteiger partial charge in [-0.05, 0) is 58.3 Å². The molecule has 0 aliphatic carbocycles. The highest BCUT2D eigenvalue weighted by Crippen LogP contribution is 2.08. The molecule has 0 heterocycles. The molecular weight excluding hydrogens is 454 g/mol. The molecule has 0 saturated carbocycles. The molecule has 0 bridgehead atoms.